The first-order chi connectivity index (χ1) is 8.13. The molecule has 1 saturated heterocycles. The quantitative estimate of drug-likeness (QED) is 0.876. The highest BCUT2D eigenvalue weighted by Gasteiger charge is 2.26. The molecule has 0 bridgehead atoms. The Morgan fingerprint density at radius 1 is 1.35 bits per heavy atom. The summed E-state index contributed by atoms with van der Waals surface area (Å²) >= 11 is 0. The van der Waals surface area contributed by atoms with E-state index in [0.717, 1.165) is 41.9 Å². The molecule has 1 heterocycles. The van der Waals surface area contributed by atoms with Crippen molar-refractivity contribution in [2.24, 2.45) is 0 Å². The van der Waals surface area contributed by atoms with Gasteiger partial charge in [-0.25, -0.2) is 0 Å². The highest BCUT2D eigenvalue weighted by molar-refractivity contribution is 5.42. The van der Waals surface area contributed by atoms with Gasteiger partial charge in [0, 0.05) is 6.61 Å². The Hall–Kier alpha value is -1.06. The first-order valence-electron chi connectivity index (χ1n) is 6.08. The van der Waals surface area contributed by atoms with Crippen LogP contribution in [0.3, 0.4) is 0 Å². The van der Waals surface area contributed by atoms with E-state index in [1.54, 1.807) is 7.11 Å². The fraction of sp³-hybridized carbons (Fsp3) is 0.571. The maximum absolute atomic E-state index is 10.3. The van der Waals surface area contributed by atoms with Gasteiger partial charge in [-0.1, -0.05) is 0 Å². The summed E-state index contributed by atoms with van der Waals surface area (Å²) in [6, 6.07) is 3.98. The summed E-state index contributed by atoms with van der Waals surface area (Å²) in [5.74, 6) is 0.866. The summed E-state index contributed by atoms with van der Waals surface area (Å²) < 4.78 is 10.8. The zero-order chi connectivity index (χ0) is 12.4. The predicted molar refractivity (Wildman–Crippen MR) is 66.4 cm³/mol. The average Bonchev–Trinajstić information content (AvgIpc) is 2.84. The van der Waals surface area contributed by atoms with E-state index in [1.807, 2.05) is 26.0 Å². The van der Waals surface area contributed by atoms with Gasteiger partial charge in [-0.05, 0) is 55.5 Å². The number of aryl methyl sites for hydroxylation is 2. The Bertz CT molecular complexity index is 395. The minimum atomic E-state index is -0.526. The second kappa shape index (κ2) is 5.07. The highest BCUT2D eigenvalue weighted by Crippen LogP contribution is 2.32. The van der Waals surface area contributed by atoms with Gasteiger partial charge < -0.3 is 14.6 Å². The second-order valence-electron chi connectivity index (χ2n) is 4.67. The van der Waals surface area contributed by atoms with Crippen molar-refractivity contribution in [2.75, 3.05) is 13.7 Å². The molecule has 0 aromatic heterocycles. The third-order valence-electron chi connectivity index (χ3n) is 3.42. The summed E-state index contributed by atoms with van der Waals surface area (Å²) in [5, 5.41) is 10.3. The van der Waals surface area contributed by atoms with Gasteiger partial charge in [0.1, 0.15) is 11.9 Å². The molecule has 17 heavy (non-hydrogen) atoms. The lowest BCUT2D eigenvalue weighted by Gasteiger charge is -2.21. The number of hydrogen-bond acceptors (Lipinski definition) is 3. The molecule has 0 aliphatic carbocycles. The van der Waals surface area contributed by atoms with Crippen LogP contribution in [0, 0.1) is 13.8 Å². The molecule has 3 heteroatoms. The predicted octanol–water partition coefficient (Wildman–Crippen LogP) is 2.52. The molecular formula is C14H20O3. The molecule has 2 unspecified atom stereocenters. The molecular weight excluding hydrogens is 216 g/mol. The highest BCUT2D eigenvalue weighted by atomic mass is 16.5. The van der Waals surface area contributed by atoms with Gasteiger partial charge >= 0.3 is 0 Å². The molecule has 94 valence electrons. The first-order valence-corrected chi connectivity index (χ1v) is 6.08. The van der Waals surface area contributed by atoms with Crippen molar-refractivity contribution in [2.45, 2.75) is 38.9 Å². The normalized spacial score (nSPS) is 21.5. The van der Waals surface area contributed by atoms with Crippen LogP contribution in [0.1, 0.15) is 35.6 Å². The lowest BCUT2D eigenvalue weighted by atomic mass is 9.95. The maximum Gasteiger partial charge on any atom is 0.122 e. The molecule has 2 atom stereocenters. The fourth-order valence-corrected chi connectivity index (χ4v) is 2.40. The standard InChI is InChI=1S/C14H20O3/c1-9-8-13(16-3)10(2)7-11(9)14(15)12-5-4-6-17-12/h7-8,12,14-15H,4-6H2,1-3H3. The van der Waals surface area contributed by atoms with Crippen molar-refractivity contribution < 1.29 is 14.6 Å². The van der Waals surface area contributed by atoms with E-state index in [0.29, 0.717) is 0 Å². The Labute approximate surface area is 102 Å². The molecule has 1 N–H and O–H groups in total. The zero-order valence-corrected chi connectivity index (χ0v) is 10.7. The summed E-state index contributed by atoms with van der Waals surface area (Å²) in [4.78, 5) is 0. The van der Waals surface area contributed by atoms with Crippen LogP contribution in [0.4, 0.5) is 0 Å². The summed E-state index contributed by atoms with van der Waals surface area (Å²) in [6.07, 6.45) is 1.39. The average molecular weight is 236 g/mol. The van der Waals surface area contributed by atoms with Crippen LogP contribution in [-0.4, -0.2) is 24.9 Å². The number of methoxy groups -OCH3 is 1. The number of ether oxygens (including phenoxy) is 2. The second-order valence-corrected chi connectivity index (χ2v) is 4.67. The van der Waals surface area contributed by atoms with Crippen molar-refractivity contribution in [1.29, 1.82) is 0 Å². The van der Waals surface area contributed by atoms with Crippen molar-refractivity contribution in [1.82, 2.24) is 0 Å². The van der Waals surface area contributed by atoms with E-state index in [9.17, 15) is 5.11 Å². The number of aliphatic hydroxyl groups is 1. The van der Waals surface area contributed by atoms with Crippen molar-refractivity contribution in [3.63, 3.8) is 0 Å². The Kier molecular flexibility index (Phi) is 3.69. The van der Waals surface area contributed by atoms with Gasteiger partial charge in [-0.2, -0.15) is 0 Å². The van der Waals surface area contributed by atoms with Crippen LogP contribution >= 0.6 is 0 Å². The van der Waals surface area contributed by atoms with E-state index in [2.05, 4.69) is 0 Å². The van der Waals surface area contributed by atoms with Crippen LogP contribution in [-0.2, 0) is 4.74 Å². The van der Waals surface area contributed by atoms with E-state index >= 15 is 0 Å². The molecule has 1 aliphatic heterocycles. The van der Waals surface area contributed by atoms with E-state index in [4.69, 9.17) is 9.47 Å². The number of rotatable bonds is 3. The summed E-state index contributed by atoms with van der Waals surface area (Å²) in [7, 11) is 1.66. The van der Waals surface area contributed by atoms with E-state index < -0.39 is 6.10 Å². The van der Waals surface area contributed by atoms with Crippen LogP contribution in [0.15, 0.2) is 12.1 Å². The molecule has 0 saturated carbocycles. The van der Waals surface area contributed by atoms with Crippen LogP contribution in [0.25, 0.3) is 0 Å². The van der Waals surface area contributed by atoms with Gasteiger partial charge in [0.05, 0.1) is 13.2 Å². The first kappa shape index (κ1) is 12.4. The molecule has 1 fully saturated rings. The fourth-order valence-electron chi connectivity index (χ4n) is 2.40. The molecule has 3 nitrogen and oxygen atoms in total. The summed E-state index contributed by atoms with van der Waals surface area (Å²) in [6.45, 7) is 4.75. The van der Waals surface area contributed by atoms with Crippen LogP contribution in [0.5, 0.6) is 5.75 Å². The van der Waals surface area contributed by atoms with Crippen molar-refractivity contribution >= 4 is 0 Å². The third kappa shape index (κ3) is 2.45. The lowest BCUT2D eigenvalue weighted by Crippen LogP contribution is -2.18. The largest absolute Gasteiger partial charge is 0.496 e. The number of aliphatic hydroxyl groups excluding tert-OH is 1. The van der Waals surface area contributed by atoms with Crippen LogP contribution < -0.4 is 4.74 Å². The molecule has 0 spiro atoms. The Balaban J connectivity index is 2.28. The smallest absolute Gasteiger partial charge is 0.122 e. The van der Waals surface area contributed by atoms with E-state index in [1.165, 1.54) is 0 Å². The molecule has 1 aromatic rings. The Morgan fingerprint density at radius 3 is 2.71 bits per heavy atom. The minimum Gasteiger partial charge on any atom is -0.496 e. The zero-order valence-electron chi connectivity index (χ0n) is 10.7. The topological polar surface area (TPSA) is 38.7 Å². The van der Waals surface area contributed by atoms with Gasteiger partial charge in [0.15, 0.2) is 0 Å². The monoisotopic (exact) mass is 236 g/mol. The SMILES string of the molecule is COc1cc(C)c(C(O)C2CCCO2)cc1C. The minimum absolute atomic E-state index is 0.0542. The van der Waals surface area contributed by atoms with Crippen molar-refractivity contribution in [3.8, 4) is 5.75 Å². The maximum atomic E-state index is 10.3. The lowest BCUT2D eigenvalue weighted by molar-refractivity contribution is -0.00292. The number of benzene rings is 1. The molecule has 2 rings (SSSR count). The van der Waals surface area contributed by atoms with Crippen LogP contribution in [0.2, 0.25) is 0 Å². The van der Waals surface area contributed by atoms with E-state index in [-0.39, 0.29) is 6.10 Å². The summed E-state index contributed by atoms with van der Waals surface area (Å²) in [5.41, 5.74) is 3.05. The molecule has 0 amide bonds. The number of hydrogen-bond donors (Lipinski definition) is 1. The van der Waals surface area contributed by atoms with Gasteiger partial charge in [0.2, 0.25) is 0 Å². The van der Waals surface area contributed by atoms with Gasteiger partial charge in [-0.3, -0.25) is 0 Å². The third-order valence-corrected chi connectivity index (χ3v) is 3.42. The molecule has 0 radical (unpaired) electrons. The molecule has 1 aromatic carbocycles. The van der Waals surface area contributed by atoms with Gasteiger partial charge in [-0.15, -0.1) is 0 Å². The van der Waals surface area contributed by atoms with Gasteiger partial charge in [0.25, 0.3) is 0 Å². The molecule has 1 aliphatic rings. The van der Waals surface area contributed by atoms with Crippen molar-refractivity contribution in [3.05, 3.63) is 28.8 Å². The Morgan fingerprint density at radius 2 is 2.12 bits per heavy atom.